The monoisotopic (exact) mass is 398 g/mol. The second-order valence-corrected chi connectivity index (χ2v) is 7.87. The van der Waals surface area contributed by atoms with Crippen LogP contribution in [0.3, 0.4) is 0 Å². The van der Waals surface area contributed by atoms with Crippen LogP contribution >= 0.6 is 23.1 Å². The number of nitrogens with one attached hydrogen (secondary N) is 1. The van der Waals surface area contributed by atoms with Crippen molar-refractivity contribution in [2.24, 2.45) is 0 Å². The molecule has 2 aromatic heterocycles. The molecule has 1 N–H and O–H groups in total. The van der Waals surface area contributed by atoms with Crippen LogP contribution in [0.2, 0.25) is 0 Å². The average molecular weight is 399 g/mol. The summed E-state index contributed by atoms with van der Waals surface area (Å²) < 4.78 is 1.99. The van der Waals surface area contributed by atoms with E-state index < -0.39 is 0 Å². The summed E-state index contributed by atoms with van der Waals surface area (Å²) in [5.41, 5.74) is 3.13. The van der Waals surface area contributed by atoms with Crippen LogP contribution in [0, 0.1) is 6.92 Å². The Kier molecular flexibility index (Phi) is 6.47. The molecule has 0 aliphatic heterocycles. The number of nitrogens with zero attached hydrogens (tertiary/aromatic N) is 3. The van der Waals surface area contributed by atoms with E-state index in [1.165, 1.54) is 11.8 Å². The highest BCUT2D eigenvalue weighted by Gasteiger charge is 2.16. The zero-order valence-corrected chi connectivity index (χ0v) is 17.1. The zero-order valence-electron chi connectivity index (χ0n) is 15.4. The van der Waals surface area contributed by atoms with Gasteiger partial charge in [0.05, 0.1) is 10.6 Å². The number of benzene rings is 1. The molecule has 5 nitrogen and oxygen atoms in total. The highest BCUT2D eigenvalue weighted by Crippen LogP contribution is 2.28. The van der Waals surface area contributed by atoms with Crippen LogP contribution in [0.25, 0.3) is 10.7 Å². The highest BCUT2D eigenvalue weighted by molar-refractivity contribution is 7.99. The minimum atomic E-state index is -0.0465. The predicted octanol–water partition coefficient (Wildman–Crippen LogP) is 4.79. The largest absolute Gasteiger partial charge is 0.325 e. The molecule has 0 unspecified atom stereocenters. The summed E-state index contributed by atoms with van der Waals surface area (Å²) >= 11 is 3.00. The van der Waals surface area contributed by atoms with Crippen LogP contribution in [-0.4, -0.2) is 26.4 Å². The molecule has 0 aliphatic rings. The van der Waals surface area contributed by atoms with E-state index in [0.717, 1.165) is 33.9 Å². The van der Waals surface area contributed by atoms with E-state index >= 15 is 0 Å². The summed E-state index contributed by atoms with van der Waals surface area (Å²) in [6.45, 7) is 8.51. The van der Waals surface area contributed by atoms with E-state index in [-0.39, 0.29) is 11.7 Å². The number of rotatable bonds is 8. The van der Waals surface area contributed by atoms with Gasteiger partial charge < -0.3 is 5.32 Å². The van der Waals surface area contributed by atoms with Gasteiger partial charge in [-0.3, -0.25) is 9.36 Å². The minimum Gasteiger partial charge on any atom is -0.325 e. The molecule has 140 valence electrons. The number of carbonyl (C=O) groups is 1. The summed E-state index contributed by atoms with van der Waals surface area (Å²) in [5, 5.41) is 14.4. The molecule has 0 spiro atoms. The van der Waals surface area contributed by atoms with E-state index in [2.05, 4.69) is 29.0 Å². The number of anilines is 1. The molecule has 0 fully saturated rings. The molecule has 0 atom stereocenters. The van der Waals surface area contributed by atoms with Gasteiger partial charge in [-0.15, -0.1) is 28.1 Å². The predicted molar refractivity (Wildman–Crippen MR) is 113 cm³/mol. The highest BCUT2D eigenvalue weighted by atomic mass is 32.2. The van der Waals surface area contributed by atoms with Crippen molar-refractivity contribution >= 4 is 34.7 Å². The van der Waals surface area contributed by atoms with E-state index in [9.17, 15) is 4.79 Å². The lowest BCUT2D eigenvalue weighted by Gasteiger charge is -2.13. The molecule has 2 heterocycles. The molecule has 3 aromatic rings. The number of carbonyl (C=O) groups excluding carboxylic acids is 1. The molecular weight excluding hydrogens is 376 g/mol. The van der Waals surface area contributed by atoms with Crippen molar-refractivity contribution in [2.75, 3.05) is 11.1 Å². The van der Waals surface area contributed by atoms with Gasteiger partial charge in [-0.05, 0) is 35.9 Å². The lowest BCUT2D eigenvalue weighted by molar-refractivity contribution is -0.113. The molecule has 1 amide bonds. The van der Waals surface area contributed by atoms with Crippen LogP contribution in [0.5, 0.6) is 0 Å². The van der Waals surface area contributed by atoms with Crippen molar-refractivity contribution in [3.63, 3.8) is 0 Å². The molecule has 0 bridgehead atoms. The van der Waals surface area contributed by atoms with Gasteiger partial charge in [0.25, 0.3) is 0 Å². The molecule has 1 aromatic carbocycles. The first-order valence-corrected chi connectivity index (χ1v) is 10.6. The molecule has 0 aliphatic carbocycles. The number of hydrogen-bond donors (Lipinski definition) is 1. The smallest absolute Gasteiger partial charge is 0.234 e. The first-order chi connectivity index (χ1) is 13.1. The standard InChI is InChI=1S/C20H22N4OS2/c1-4-11-24-19(16-10-7-12-26-16)22-23-20(24)27-13-17(25)21-18-14(3)8-6-9-15(18)5-2/h4,6-10,12H,1,5,11,13H2,2-3H3,(H,21,25). The van der Waals surface area contributed by atoms with Gasteiger partial charge >= 0.3 is 0 Å². The first kappa shape index (κ1) is 19.4. The first-order valence-electron chi connectivity index (χ1n) is 8.73. The van der Waals surface area contributed by atoms with Crippen molar-refractivity contribution < 1.29 is 4.79 Å². The van der Waals surface area contributed by atoms with Gasteiger partial charge in [0.2, 0.25) is 5.91 Å². The Balaban J connectivity index is 1.72. The van der Waals surface area contributed by atoms with Crippen LogP contribution in [0.4, 0.5) is 5.69 Å². The number of aromatic nitrogens is 3. The Morgan fingerprint density at radius 2 is 2.19 bits per heavy atom. The van der Waals surface area contributed by atoms with Gasteiger partial charge in [-0.1, -0.05) is 49.0 Å². The van der Waals surface area contributed by atoms with E-state index in [4.69, 9.17) is 0 Å². The molecule has 0 radical (unpaired) electrons. The maximum absolute atomic E-state index is 12.5. The third-order valence-corrected chi connectivity index (χ3v) is 5.94. The van der Waals surface area contributed by atoms with Gasteiger partial charge in [0.1, 0.15) is 0 Å². The Hall–Kier alpha value is -2.38. The summed E-state index contributed by atoms with van der Waals surface area (Å²) in [7, 11) is 0. The van der Waals surface area contributed by atoms with Crippen molar-refractivity contribution in [2.45, 2.75) is 32.0 Å². The SMILES string of the molecule is C=CCn1c(SCC(=O)Nc2c(C)cccc2CC)nnc1-c1cccs1. The minimum absolute atomic E-state index is 0.0465. The van der Waals surface area contributed by atoms with Crippen LogP contribution in [-0.2, 0) is 17.8 Å². The van der Waals surface area contributed by atoms with Gasteiger partial charge in [-0.25, -0.2) is 0 Å². The molecule has 0 saturated carbocycles. The summed E-state index contributed by atoms with van der Waals surface area (Å²) in [6, 6.07) is 10.1. The average Bonchev–Trinajstić information content (AvgIpc) is 3.32. The lowest BCUT2D eigenvalue weighted by atomic mass is 10.1. The fourth-order valence-electron chi connectivity index (χ4n) is 2.78. The Morgan fingerprint density at radius 1 is 1.33 bits per heavy atom. The lowest BCUT2D eigenvalue weighted by Crippen LogP contribution is -2.16. The summed E-state index contributed by atoms with van der Waals surface area (Å²) in [4.78, 5) is 13.6. The summed E-state index contributed by atoms with van der Waals surface area (Å²) in [5.74, 6) is 1.03. The second-order valence-electron chi connectivity index (χ2n) is 5.98. The van der Waals surface area contributed by atoms with Crippen molar-refractivity contribution in [1.82, 2.24) is 14.8 Å². The van der Waals surface area contributed by atoms with Gasteiger partial charge in [-0.2, -0.15) is 0 Å². The normalized spacial score (nSPS) is 10.7. The number of thiophene rings is 1. The fraction of sp³-hybridized carbons (Fsp3) is 0.250. The van der Waals surface area contributed by atoms with Crippen molar-refractivity contribution in [3.8, 4) is 10.7 Å². The topological polar surface area (TPSA) is 59.8 Å². The van der Waals surface area contributed by atoms with E-state index in [1.54, 1.807) is 11.3 Å². The number of thioether (sulfide) groups is 1. The number of aryl methyl sites for hydroxylation is 2. The van der Waals surface area contributed by atoms with Crippen molar-refractivity contribution in [1.29, 1.82) is 0 Å². The number of amides is 1. The van der Waals surface area contributed by atoms with Crippen LogP contribution in [0.1, 0.15) is 18.1 Å². The molecule has 27 heavy (non-hydrogen) atoms. The van der Waals surface area contributed by atoms with Gasteiger partial charge in [0, 0.05) is 12.2 Å². The van der Waals surface area contributed by atoms with E-state index in [0.29, 0.717) is 11.7 Å². The van der Waals surface area contributed by atoms with Crippen molar-refractivity contribution in [3.05, 3.63) is 59.5 Å². The van der Waals surface area contributed by atoms with Crippen LogP contribution in [0.15, 0.2) is 53.5 Å². The number of para-hydroxylation sites is 1. The Labute approximate surface area is 167 Å². The maximum Gasteiger partial charge on any atom is 0.234 e. The molecule has 3 rings (SSSR count). The van der Waals surface area contributed by atoms with E-state index in [1.807, 2.05) is 53.3 Å². The quantitative estimate of drug-likeness (QED) is 0.438. The zero-order chi connectivity index (χ0) is 19.2. The second kappa shape index (κ2) is 9.01. The number of hydrogen-bond acceptors (Lipinski definition) is 5. The molecular formula is C20H22N4OS2. The molecule has 7 heteroatoms. The van der Waals surface area contributed by atoms with Gasteiger partial charge in [0.15, 0.2) is 11.0 Å². The third kappa shape index (κ3) is 4.48. The Bertz CT molecular complexity index is 932. The van der Waals surface area contributed by atoms with Crippen LogP contribution < -0.4 is 5.32 Å². The molecule has 0 saturated heterocycles. The number of allylic oxidation sites excluding steroid dienone is 1. The fourth-order valence-corrected chi connectivity index (χ4v) is 4.25. The Morgan fingerprint density at radius 3 is 2.89 bits per heavy atom. The summed E-state index contributed by atoms with van der Waals surface area (Å²) in [6.07, 6.45) is 2.69. The maximum atomic E-state index is 12.5. The third-order valence-electron chi connectivity index (χ3n) is 4.11.